The average molecular weight is 426 g/mol. The number of nitrogens with two attached hydrogens (primary N) is 1. The minimum Gasteiger partial charge on any atom is -0.508 e. The minimum atomic E-state index is -1.51. The van der Waals surface area contributed by atoms with Gasteiger partial charge in [-0.15, -0.1) is 0 Å². The van der Waals surface area contributed by atoms with E-state index >= 15 is 0 Å². The van der Waals surface area contributed by atoms with Gasteiger partial charge in [0.1, 0.15) is 24.4 Å². The van der Waals surface area contributed by atoms with Crippen molar-refractivity contribution in [1.82, 2.24) is 16.0 Å². The van der Waals surface area contributed by atoms with E-state index in [1.165, 1.54) is 19.1 Å². The average Bonchev–Trinajstić information content (AvgIpc) is 2.69. The van der Waals surface area contributed by atoms with Crippen molar-refractivity contribution in [2.45, 2.75) is 37.6 Å². The van der Waals surface area contributed by atoms with E-state index in [9.17, 15) is 34.5 Å². The summed E-state index contributed by atoms with van der Waals surface area (Å²) >= 11 is 0. The number of amides is 3. The second kappa shape index (κ2) is 11.7. The fourth-order valence-electron chi connectivity index (χ4n) is 2.38. The molecule has 12 nitrogen and oxygen atoms in total. The van der Waals surface area contributed by atoms with E-state index in [1.54, 1.807) is 12.1 Å². The van der Waals surface area contributed by atoms with Crippen LogP contribution in [-0.2, 0) is 25.6 Å². The maximum Gasteiger partial charge on any atom is 0.322 e. The molecule has 0 aliphatic carbocycles. The Morgan fingerprint density at radius 3 is 2.13 bits per heavy atom. The standard InChI is InChI=1S/C18H26N4O8/c1-9(24)15(18(30)20-7-14(26)27)22-17(29)13(8-23)21-16(28)12(19)6-10-2-4-11(25)5-3-10/h2-5,9,12-13,15,23-25H,6-8,19H2,1H3,(H,20,30)(H,21,28)(H,22,29)(H,26,27). The molecule has 0 aliphatic heterocycles. The van der Waals surface area contributed by atoms with Gasteiger partial charge in [-0.1, -0.05) is 12.1 Å². The summed E-state index contributed by atoms with van der Waals surface area (Å²) in [6.07, 6.45) is -1.28. The first kappa shape index (κ1) is 24.8. The number of phenolic OH excluding ortho intramolecular Hbond substituents is 1. The largest absolute Gasteiger partial charge is 0.508 e. The maximum absolute atomic E-state index is 12.3. The van der Waals surface area contributed by atoms with Gasteiger partial charge in [-0.3, -0.25) is 19.2 Å². The monoisotopic (exact) mass is 426 g/mol. The Morgan fingerprint density at radius 1 is 1.03 bits per heavy atom. The molecule has 0 spiro atoms. The highest BCUT2D eigenvalue weighted by molar-refractivity contribution is 5.94. The summed E-state index contributed by atoms with van der Waals surface area (Å²) in [7, 11) is 0. The number of aliphatic carboxylic acids is 1. The molecule has 0 saturated carbocycles. The summed E-state index contributed by atoms with van der Waals surface area (Å²) in [4.78, 5) is 47.1. The van der Waals surface area contributed by atoms with Gasteiger partial charge in [0.15, 0.2) is 0 Å². The Bertz CT molecular complexity index is 753. The molecule has 1 rings (SSSR count). The van der Waals surface area contributed by atoms with Gasteiger partial charge >= 0.3 is 5.97 Å². The van der Waals surface area contributed by atoms with Crippen LogP contribution in [0.4, 0.5) is 0 Å². The summed E-state index contributed by atoms with van der Waals surface area (Å²) in [5.74, 6) is -3.94. The number of carboxylic acid groups (broad SMARTS) is 1. The van der Waals surface area contributed by atoms with Crippen LogP contribution in [-0.4, -0.2) is 81.5 Å². The lowest BCUT2D eigenvalue weighted by Crippen LogP contribution is -2.59. The van der Waals surface area contributed by atoms with Crippen molar-refractivity contribution in [3.05, 3.63) is 29.8 Å². The molecule has 12 heteroatoms. The summed E-state index contributed by atoms with van der Waals surface area (Å²) in [5.41, 5.74) is 6.47. The molecule has 9 N–H and O–H groups in total. The van der Waals surface area contributed by atoms with E-state index < -0.39 is 61.1 Å². The number of aliphatic hydroxyl groups is 2. The first-order valence-electron chi connectivity index (χ1n) is 8.97. The molecule has 0 radical (unpaired) electrons. The molecule has 0 heterocycles. The van der Waals surface area contributed by atoms with E-state index in [1.807, 2.05) is 5.32 Å². The van der Waals surface area contributed by atoms with Crippen LogP contribution in [0, 0.1) is 0 Å². The van der Waals surface area contributed by atoms with Crippen molar-refractivity contribution in [2.75, 3.05) is 13.2 Å². The topological polar surface area (TPSA) is 211 Å². The second-order valence-electron chi connectivity index (χ2n) is 6.56. The molecule has 166 valence electrons. The van der Waals surface area contributed by atoms with Crippen LogP contribution in [0.5, 0.6) is 5.75 Å². The molecule has 0 fully saturated rings. The third-order valence-corrected chi connectivity index (χ3v) is 4.02. The molecule has 0 aromatic heterocycles. The highest BCUT2D eigenvalue weighted by Gasteiger charge is 2.30. The van der Waals surface area contributed by atoms with Crippen LogP contribution in [0.25, 0.3) is 0 Å². The number of rotatable bonds is 11. The number of hydrogen-bond donors (Lipinski definition) is 8. The molecule has 0 aliphatic rings. The van der Waals surface area contributed by atoms with Crippen molar-refractivity contribution in [2.24, 2.45) is 5.73 Å². The lowest BCUT2D eigenvalue weighted by atomic mass is 10.1. The predicted molar refractivity (Wildman–Crippen MR) is 103 cm³/mol. The van der Waals surface area contributed by atoms with Crippen molar-refractivity contribution < 1.29 is 39.6 Å². The Hall–Kier alpha value is -3.22. The molecule has 0 bridgehead atoms. The number of carbonyl (C=O) groups excluding carboxylic acids is 3. The van der Waals surface area contributed by atoms with E-state index in [0.717, 1.165) is 0 Å². The minimum absolute atomic E-state index is 0.0499. The summed E-state index contributed by atoms with van der Waals surface area (Å²) in [6.45, 7) is -0.331. The zero-order chi connectivity index (χ0) is 22.8. The Morgan fingerprint density at radius 2 is 1.63 bits per heavy atom. The fraction of sp³-hybridized carbons (Fsp3) is 0.444. The fourth-order valence-corrected chi connectivity index (χ4v) is 2.38. The summed E-state index contributed by atoms with van der Waals surface area (Å²) in [6, 6.07) is 1.96. The van der Waals surface area contributed by atoms with E-state index in [0.29, 0.717) is 5.56 Å². The molecule has 1 aromatic rings. The Kier molecular flexibility index (Phi) is 9.68. The molecule has 4 atom stereocenters. The molecular weight excluding hydrogens is 400 g/mol. The van der Waals surface area contributed by atoms with Crippen LogP contribution in [0.2, 0.25) is 0 Å². The first-order chi connectivity index (χ1) is 14.0. The maximum atomic E-state index is 12.3. The van der Waals surface area contributed by atoms with Gasteiger partial charge in [0.2, 0.25) is 17.7 Å². The van der Waals surface area contributed by atoms with Crippen LogP contribution < -0.4 is 21.7 Å². The SMILES string of the molecule is CC(O)C(NC(=O)C(CO)NC(=O)C(N)Cc1ccc(O)cc1)C(=O)NCC(=O)O. The van der Waals surface area contributed by atoms with Crippen LogP contribution >= 0.6 is 0 Å². The van der Waals surface area contributed by atoms with Gasteiger partial charge in [0.05, 0.1) is 18.8 Å². The van der Waals surface area contributed by atoms with Gasteiger partial charge < -0.3 is 42.1 Å². The van der Waals surface area contributed by atoms with Crippen molar-refractivity contribution in [3.8, 4) is 5.75 Å². The molecule has 4 unspecified atom stereocenters. The number of nitrogens with one attached hydrogen (secondary N) is 3. The number of carbonyl (C=O) groups is 4. The van der Waals surface area contributed by atoms with Gasteiger partial charge in [-0.25, -0.2) is 0 Å². The van der Waals surface area contributed by atoms with Crippen molar-refractivity contribution in [1.29, 1.82) is 0 Å². The van der Waals surface area contributed by atoms with Crippen LogP contribution in [0.15, 0.2) is 24.3 Å². The third-order valence-electron chi connectivity index (χ3n) is 4.02. The Balaban J connectivity index is 2.70. The highest BCUT2D eigenvalue weighted by atomic mass is 16.4. The van der Waals surface area contributed by atoms with Gasteiger partial charge in [-0.05, 0) is 31.0 Å². The first-order valence-corrected chi connectivity index (χ1v) is 8.97. The molecule has 30 heavy (non-hydrogen) atoms. The number of hydrogen-bond acceptors (Lipinski definition) is 8. The van der Waals surface area contributed by atoms with Crippen LogP contribution in [0.3, 0.4) is 0 Å². The number of benzene rings is 1. The quantitative estimate of drug-likeness (QED) is 0.179. The number of carboxylic acids is 1. The molecule has 1 aromatic carbocycles. The zero-order valence-electron chi connectivity index (χ0n) is 16.2. The van der Waals surface area contributed by atoms with E-state index in [-0.39, 0.29) is 12.2 Å². The smallest absolute Gasteiger partial charge is 0.322 e. The van der Waals surface area contributed by atoms with Gasteiger partial charge in [0, 0.05) is 0 Å². The lowest BCUT2D eigenvalue weighted by Gasteiger charge is -2.24. The third kappa shape index (κ3) is 8.03. The number of aromatic hydroxyl groups is 1. The van der Waals surface area contributed by atoms with Crippen molar-refractivity contribution in [3.63, 3.8) is 0 Å². The summed E-state index contributed by atoms with van der Waals surface area (Å²) in [5, 5.41) is 43.4. The van der Waals surface area contributed by atoms with Crippen LogP contribution in [0.1, 0.15) is 12.5 Å². The number of phenols is 1. The normalized spacial score (nSPS) is 14.7. The molecule has 0 saturated heterocycles. The molecule has 3 amide bonds. The van der Waals surface area contributed by atoms with E-state index in [2.05, 4.69) is 10.6 Å². The molecular formula is C18H26N4O8. The summed E-state index contributed by atoms with van der Waals surface area (Å²) < 4.78 is 0. The van der Waals surface area contributed by atoms with E-state index in [4.69, 9.17) is 10.8 Å². The number of aliphatic hydroxyl groups excluding tert-OH is 2. The van der Waals surface area contributed by atoms with Crippen molar-refractivity contribution >= 4 is 23.7 Å². The Labute approximate surface area is 172 Å². The second-order valence-corrected chi connectivity index (χ2v) is 6.56. The van der Waals surface area contributed by atoms with Gasteiger partial charge in [0.25, 0.3) is 0 Å². The lowest BCUT2D eigenvalue weighted by molar-refractivity contribution is -0.139. The highest BCUT2D eigenvalue weighted by Crippen LogP contribution is 2.11. The predicted octanol–water partition coefficient (Wildman–Crippen LogP) is -3.19. The van der Waals surface area contributed by atoms with Gasteiger partial charge in [-0.2, -0.15) is 0 Å². The zero-order valence-corrected chi connectivity index (χ0v) is 16.2.